The molecular weight excluding hydrogens is 260 g/mol. The SMILES string of the molecule is C#C/C(=C\c1ccc(C)cc1)OC1=CC(=O)CC(C)(C)C1. The van der Waals surface area contributed by atoms with E-state index in [1.54, 1.807) is 6.08 Å². The molecule has 0 saturated heterocycles. The van der Waals surface area contributed by atoms with Gasteiger partial charge in [-0.3, -0.25) is 4.79 Å². The summed E-state index contributed by atoms with van der Waals surface area (Å²) in [6, 6.07) is 8.01. The summed E-state index contributed by atoms with van der Waals surface area (Å²) in [5, 5.41) is 0. The van der Waals surface area contributed by atoms with Crippen molar-refractivity contribution in [3.8, 4) is 12.3 Å². The smallest absolute Gasteiger partial charge is 0.177 e. The molecule has 1 aliphatic rings. The van der Waals surface area contributed by atoms with Crippen molar-refractivity contribution in [2.24, 2.45) is 5.41 Å². The van der Waals surface area contributed by atoms with Crippen LogP contribution in [0.4, 0.5) is 0 Å². The van der Waals surface area contributed by atoms with E-state index in [1.807, 2.05) is 37.3 Å². The fourth-order valence-electron chi connectivity index (χ4n) is 2.41. The molecule has 0 radical (unpaired) electrons. The fourth-order valence-corrected chi connectivity index (χ4v) is 2.41. The minimum Gasteiger partial charge on any atom is -0.453 e. The third kappa shape index (κ3) is 4.36. The third-order valence-corrected chi connectivity index (χ3v) is 3.39. The number of benzene rings is 1. The topological polar surface area (TPSA) is 26.3 Å². The molecule has 0 atom stereocenters. The molecule has 2 nitrogen and oxygen atoms in total. The molecule has 0 amide bonds. The number of carbonyl (C=O) groups is 1. The van der Waals surface area contributed by atoms with Gasteiger partial charge in [0.15, 0.2) is 11.5 Å². The van der Waals surface area contributed by atoms with Gasteiger partial charge in [0.25, 0.3) is 0 Å². The highest BCUT2D eigenvalue weighted by Crippen LogP contribution is 2.34. The molecule has 0 bridgehead atoms. The summed E-state index contributed by atoms with van der Waals surface area (Å²) in [4.78, 5) is 11.7. The summed E-state index contributed by atoms with van der Waals surface area (Å²) in [5.74, 6) is 3.70. The monoisotopic (exact) mass is 280 g/mol. The second-order valence-electron chi connectivity index (χ2n) is 6.26. The van der Waals surface area contributed by atoms with Crippen molar-refractivity contribution < 1.29 is 9.53 Å². The molecule has 0 fully saturated rings. The first-order valence-electron chi connectivity index (χ1n) is 7.04. The predicted octanol–water partition coefficient (Wildman–Crippen LogP) is 4.26. The van der Waals surface area contributed by atoms with E-state index < -0.39 is 0 Å². The first-order valence-corrected chi connectivity index (χ1v) is 7.04. The Morgan fingerprint density at radius 2 is 1.95 bits per heavy atom. The Hall–Kier alpha value is -2.27. The first-order chi connectivity index (χ1) is 9.88. The molecular formula is C19H20O2. The minimum atomic E-state index is -0.0786. The van der Waals surface area contributed by atoms with Gasteiger partial charge >= 0.3 is 0 Å². The van der Waals surface area contributed by atoms with Gasteiger partial charge in [0, 0.05) is 18.9 Å². The fraction of sp³-hybridized carbons (Fsp3) is 0.316. The van der Waals surface area contributed by atoms with E-state index in [1.165, 1.54) is 5.56 Å². The molecule has 21 heavy (non-hydrogen) atoms. The van der Waals surface area contributed by atoms with Gasteiger partial charge in [-0.25, -0.2) is 0 Å². The molecule has 108 valence electrons. The van der Waals surface area contributed by atoms with Crippen LogP contribution in [-0.2, 0) is 9.53 Å². The van der Waals surface area contributed by atoms with E-state index in [2.05, 4.69) is 19.8 Å². The zero-order chi connectivity index (χ0) is 15.5. The molecule has 1 aromatic rings. The van der Waals surface area contributed by atoms with Crippen LogP contribution < -0.4 is 0 Å². The lowest BCUT2D eigenvalue weighted by atomic mass is 9.79. The second-order valence-corrected chi connectivity index (χ2v) is 6.26. The largest absolute Gasteiger partial charge is 0.453 e. The van der Waals surface area contributed by atoms with E-state index in [4.69, 9.17) is 11.2 Å². The summed E-state index contributed by atoms with van der Waals surface area (Å²) in [6.45, 7) is 6.15. The molecule has 1 aromatic carbocycles. The minimum absolute atomic E-state index is 0.0786. The predicted molar refractivity (Wildman–Crippen MR) is 85.2 cm³/mol. The van der Waals surface area contributed by atoms with E-state index in [0.717, 1.165) is 5.56 Å². The van der Waals surface area contributed by atoms with Gasteiger partial charge in [-0.15, -0.1) is 6.42 Å². The van der Waals surface area contributed by atoms with Crippen LogP contribution in [0.15, 0.2) is 41.9 Å². The number of ether oxygens (including phenoxy) is 1. The Balaban J connectivity index is 2.18. The van der Waals surface area contributed by atoms with Crippen molar-refractivity contribution in [1.82, 2.24) is 0 Å². The van der Waals surface area contributed by atoms with Crippen LogP contribution in [0.3, 0.4) is 0 Å². The van der Waals surface area contributed by atoms with Crippen molar-refractivity contribution in [2.75, 3.05) is 0 Å². The van der Waals surface area contributed by atoms with Crippen molar-refractivity contribution in [2.45, 2.75) is 33.6 Å². The highest BCUT2D eigenvalue weighted by atomic mass is 16.5. The molecule has 2 rings (SSSR count). The van der Waals surface area contributed by atoms with Crippen LogP contribution >= 0.6 is 0 Å². The first kappa shape index (κ1) is 15.1. The average Bonchev–Trinajstić information content (AvgIpc) is 2.38. The summed E-state index contributed by atoms with van der Waals surface area (Å²) in [6.07, 6.45) is 10.1. The van der Waals surface area contributed by atoms with Crippen LogP contribution in [0.1, 0.15) is 37.8 Å². The number of allylic oxidation sites excluding steroid dienone is 3. The Morgan fingerprint density at radius 1 is 1.29 bits per heavy atom. The highest BCUT2D eigenvalue weighted by molar-refractivity contribution is 5.91. The summed E-state index contributed by atoms with van der Waals surface area (Å²) in [5.41, 5.74) is 2.10. The maximum absolute atomic E-state index is 11.7. The molecule has 0 N–H and O–H groups in total. The van der Waals surface area contributed by atoms with Gasteiger partial charge < -0.3 is 4.74 Å². The average molecular weight is 280 g/mol. The Bertz CT molecular complexity index is 637. The van der Waals surface area contributed by atoms with Crippen LogP contribution in [0, 0.1) is 24.7 Å². The summed E-state index contributed by atoms with van der Waals surface area (Å²) >= 11 is 0. The quantitative estimate of drug-likeness (QED) is 0.611. The Kier molecular flexibility index (Phi) is 4.33. The maximum Gasteiger partial charge on any atom is 0.177 e. The van der Waals surface area contributed by atoms with Gasteiger partial charge in [-0.1, -0.05) is 43.7 Å². The molecule has 0 aromatic heterocycles. The normalized spacial score (nSPS) is 17.9. The zero-order valence-electron chi connectivity index (χ0n) is 12.8. The van der Waals surface area contributed by atoms with Crippen LogP contribution in [0.25, 0.3) is 6.08 Å². The van der Waals surface area contributed by atoms with E-state index in [-0.39, 0.29) is 11.2 Å². The molecule has 0 heterocycles. The van der Waals surface area contributed by atoms with Crippen LogP contribution in [-0.4, -0.2) is 5.78 Å². The molecule has 1 aliphatic carbocycles. The molecule has 0 aliphatic heterocycles. The number of carbonyl (C=O) groups excluding carboxylic acids is 1. The molecule has 0 unspecified atom stereocenters. The van der Waals surface area contributed by atoms with E-state index in [0.29, 0.717) is 24.4 Å². The highest BCUT2D eigenvalue weighted by Gasteiger charge is 2.28. The van der Waals surface area contributed by atoms with Crippen LogP contribution in [0.2, 0.25) is 0 Å². The van der Waals surface area contributed by atoms with Crippen molar-refractivity contribution in [3.63, 3.8) is 0 Å². The molecule has 0 saturated carbocycles. The summed E-state index contributed by atoms with van der Waals surface area (Å²) < 4.78 is 5.75. The number of hydrogen-bond acceptors (Lipinski definition) is 2. The number of hydrogen-bond donors (Lipinski definition) is 0. The molecule has 2 heteroatoms. The Morgan fingerprint density at radius 3 is 2.52 bits per heavy atom. The number of ketones is 1. The van der Waals surface area contributed by atoms with Crippen molar-refractivity contribution >= 4 is 11.9 Å². The number of terminal acetylenes is 1. The standard InChI is InChI=1S/C19H20O2/c1-5-17(10-15-8-6-14(2)7-9-15)21-18-11-16(20)12-19(3,4)13-18/h1,6-11H,12-13H2,2-4H3/b17-10+. The second kappa shape index (κ2) is 6.01. The third-order valence-electron chi connectivity index (χ3n) is 3.39. The van der Waals surface area contributed by atoms with Crippen molar-refractivity contribution in [1.29, 1.82) is 0 Å². The van der Waals surface area contributed by atoms with Crippen LogP contribution in [0.5, 0.6) is 0 Å². The summed E-state index contributed by atoms with van der Waals surface area (Å²) in [7, 11) is 0. The maximum atomic E-state index is 11.7. The van der Waals surface area contributed by atoms with Crippen molar-refractivity contribution in [3.05, 3.63) is 53.0 Å². The Labute approximate surface area is 126 Å². The number of rotatable bonds is 3. The lowest BCUT2D eigenvalue weighted by molar-refractivity contribution is -0.117. The zero-order valence-corrected chi connectivity index (χ0v) is 12.8. The van der Waals surface area contributed by atoms with E-state index >= 15 is 0 Å². The van der Waals surface area contributed by atoms with Gasteiger partial charge in [0.2, 0.25) is 0 Å². The lowest BCUT2D eigenvalue weighted by Gasteiger charge is -2.28. The number of aryl methyl sites for hydroxylation is 1. The van der Waals surface area contributed by atoms with Gasteiger partial charge in [0.05, 0.1) is 0 Å². The van der Waals surface area contributed by atoms with E-state index in [9.17, 15) is 4.79 Å². The lowest BCUT2D eigenvalue weighted by Crippen LogP contribution is -2.22. The van der Waals surface area contributed by atoms with Gasteiger partial charge in [-0.2, -0.15) is 0 Å². The van der Waals surface area contributed by atoms with Gasteiger partial charge in [0.1, 0.15) is 5.76 Å². The molecule has 0 spiro atoms. The van der Waals surface area contributed by atoms with Gasteiger partial charge in [-0.05, 0) is 29.9 Å².